The van der Waals surface area contributed by atoms with Gasteiger partial charge in [-0.05, 0) is 0 Å². The highest BCUT2D eigenvalue weighted by atomic mass is 19.4. The maximum Gasteiger partial charge on any atom is 0.469 e. The molecule has 42 valence electrons. The summed E-state index contributed by atoms with van der Waals surface area (Å²) in [6.07, 6.45) is -4.12. The van der Waals surface area contributed by atoms with E-state index in [1.54, 1.807) is 0 Å². The smallest absolute Gasteiger partial charge is 0.247 e. The fourth-order valence-electron chi connectivity index (χ4n) is 0.164. The molecule has 0 aromatic heterocycles. The average molecular weight is 112 g/mol. The van der Waals surface area contributed by atoms with Crippen molar-refractivity contribution in [3.63, 3.8) is 0 Å². The van der Waals surface area contributed by atoms with Crippen LogP contribution < -0.4 is 4.99 Å². The van der Waals surface area contributed by atoms with Crippen LogP contribution in [-0.2, 0) is 0 Å². The fourth-order valence-corrected chi connectivity index (χ4v) is 0.164. The van der Waals surface area contributed by atoms with Crippen molar-refractivity contribution >= 4 is 6.21 Å². The number of hydrogen-bond acceptors (Lipinski definition) is 0. The third-order valence-corrected chi connectivity index (χ3v) is 0.308. The first-order chi connectivity index (χ1) is 3.06. The van der Waals surface area contributed by atoms with Crippen LogP contribution >= 0.6 is 0 Å². The predicted octanol–water partition coefficient (Wildman–Crippen LogP) is -0.670. The SMILES string of the molecule is C[NH+]=CC(F)(F)F. The topological polar surface area (TPSA) is 14.0 Å². The van der Waals surface area contributed by atoms with Gasteiger partial charge in [-0.3, -0.25) is 0 Å². The van der Waals surface area contributed by atoms with Gasteiger partial charge >= 0.3 is 6.18 Å². The monoisotopic (exact) mass is 112 g/mol. The molecular formula is C3H5F3N+. The zero-order chi connectivity index (χ0) is 5.91. The second-order valence-electron chi connectivity index (χ2n) is 0.975. The Bertz CT molecular complexity index is 72.7. The molecule has 0 radical (unpaired) electrons. The van der Waals surface area contributed by atoms with Crippen molar-refractivity contribution < 1.29 is 18.2 Å². The van der Waals surface area contributed by atoms with Crippen LogP contribution in [-0.4, -0.2) is 19.4 Å². The van der Waals surface area contributed by atoms with E-state index in [2.05, 4.69) is 0 Å². The van der Waals surface area contributed by atoms with Crippen LogP contribution in [0.5, 0.6) is 0 Å². The Balaban J connectivity index is 3.56. The molecule has 0 aromatic carbocycles. The summed E-state index contributed by atoms with van der Waals surface area (Å²) in [5.74, 6) is 0. The summed E-state index contributed by atoms with van der Waals surface area (Å²) < 4.78 is 32.8. The van der Waals surface area contributed by atoms with Gasteiger partial charge < -0.3 is 0 Å². The van der Waals surface area contributed by atoms with Gasteiger partial charge in [-0.25, -0.2) is 4.99 Å². The summed E-state index contributed by atoms with van der Waals surface area (Å²) in [6, 6.07) is 0. The highest BCUT2D eigenvalue weighted by Gasteiger charge is 2.27. The maximum absolute atomic E-state index is 10.9. The van der Waals surface area contributed by atoms with Crippen molar-refractivity contribution in [1.29, 1.82) is 0 Å². The molecule has 0 fully saturated rings. The minimum absolute atomic E-state index is 0.0625. The van der Waals surface area contributed by atoms with E-state index in [1.807, 2.05) is 4.99 Å². The highest BCUT2D eigenvalue weighted by Crippen LogP contribution is 2.07. The summed E-state index contributed by atoms with van der Waals surface area (Å²) in [5, 5.41) is 0. The maximum atomic E-state index is 10.9. The Morgan fingerprint density at radius 1 is 1.43 bits per heavy atom. The van der Waals surface area contributed by atoms with Gasteiger partial charge in [0.25, 0.3) is 0 Å². The lowest BCUT2D eigenvalue weighted by Gasteiger charge is -1.87. The number of halogens is 3. The quantitative estimate of drug-likeness (QED) is 0.399. The number of rotatable bonds is 0. The molecule has 0 heterocycles. The first kappa shape index (κ1) is 6.46. The fraction of sp³-hybridized carbons (Fsp3) is 0.667. The molecule has 0 aromatic rings. The van der Waals surface area contributed by atoms with Crippen molar-refractivity contribution in [3.8, 4) is 0 Å². The van der Waals surface area contributed by atoms with E-state index in [1.165, 1.54) is 7.05 Å². The zero-order valence-electron chi connectivity index (χ0n) is 3.71. The number of nitrogens with one attached hydrogen (secondary N) is 1. The Hall–Kier alpha value is -0.540. The molecular weight excluding hydrogens is 107 g/mol. The minimum Gasteiger partial charge on any atom is -0.247 e. The van der Waals surface area contributed by atoms with Crippen LogP contribution in [0.15, 0.2) is 0 Å². The van der Waals surface area contributed by atoms with Crippen LogP contribution in [0.2, 0.25) is 0 Å². The molecule has 4 heteroatoms. The van der Waals surface area contributed by atoms with Gasteiger partial charge in [0.2, 0.25) is 6.21 Å². The van der Waals surface area contributed by atoms with Gasteiger partial charge in [-0.2, -0.15) is 13.2 Å². The Morgan fingerprint density at radius 2 is 1.86 bits per heavy atom. The predicted molar refractivity (Wildman–Crippen MR) is 19.0 cm³/mol. The van der Waals surface area contributed by atoms with E-state index in [4.69, 9.17) is 0 Å². The van der Waals surface area contributed by atoms with E-state index in [0.717, 1.165) is 0 Å². The molecule has 0 aliphatic carbocycles. The molecule has 0 unspecified atom stereocenters. The Morgan fingerprint density at radius 3 is 1.86 bits per heavy atom. The van der Waals surface area contributed by atoms with Crippen LogP contribution in [0.25, 0.3) is 0 Å². The van der Waals surface area contributed by atoms with Crippen molar-refractivity contribution in [1.82, 2.24) is 0 Å². The summed E-state index contributed by atoms with van der Waals surface area (Å²) in [5.41, 5.74) is 0. The first-order valence-corrected chi connectivity index (χ1v) is 1.64. The van der Waals surface area contributed by atoms with Gasteiger partial charge in [0, 0.05) is 0 Å². The lowest BCUT2D eigenvalue weighted by atomic mass is 10.7. The highest BCUT2D eigenvalue weighted by molar-refractivity contribution is 5.57. The summed E-state index contributed by atoms with van der Waals surface area (Å²) >= 11 is 0. The third-order valence-electron chi connectivity index (χ3n) is 0.308. The van der Waals surface area contributed by atoms with Gasteiger partial charge in [0.05, 0.1) is 0 Å². The average Bonchev–Trinajstić information content (AvgIpc) is 1.30. The van der Waals surface area contributed by atoms with E-state index in [0.29, 0.717) is 0 Å². The molecule has 0 aliphatic rings. The molecule has 0 saturated heterocycles. The van der Waals surface area contributed by atoms with Gasteiger partial charge in [0.1, 0.15) is 7.05 Å². The van der Waals surface area contributed by atoms with E-state index in [9.17, 15) is 13.2 Å². The molecule has 0 atom stereocenters. The van der Waals surface area contributed by atoms with Crippen LogP contribution in [0, 0.1) is 0 Å². The van der Waals surface area contributed by atoms with E-state index in [-0.39, 0.29) is 6.21 Å². The Labute approximate surface area is 38.9 Å². The van der Waals surface area contributed by atoms with Crippen molar-refractivity contribution in [2.75, 3.05) is 7.05 Å². The third kappa shape index (κ3) is 5.46. The molecule has 0 amide bonds. The largest absolute Gasteiger partial charge is 0.469 e. The molecule has 0 bridgehead atoms. The summed E-state index contributed by atoms with van der Waals surface area (Å²) in [6.45, 7) is 0. The van der Waals surface area contributed by atoms with Crippen molar-refractivity contribution in [3.05, 3.63) is 0 Å². The first-order valence-electron chi connectivity index (χ1n) is 1.64. The van der Waals surface area contributed by atoms with Gasteiger partial charge in [-0.15, -0.1) is 0 Å². The van der Waals surface area contributed by atoms with Gasteiger partial charge in [0.15, 0.2) is 0 Å². The van der Waals surface area contributed by atoms with Crippen molar-refractivity contribution in [2.45, 2.75) is 6.18 Å². The lowest BCUT2D eigenvalue weighted by Crippen LogP contribution is -2.65. The second-order valence-corrected chi connectivity index (χ2v) is 0.975. The minimum atomic E-state index is -4.19. The molecule has 0 aliphatic heterocycles. The molecule has 1 N–H and O–H groups in total. The van der Waals surface area contributed by atoms with Crippen LogP contribution in [0.4, 0.5) is 13.2 Å². The van der Waals surface area contributed by atoms with Gasteiger partial charge in [-0.1, -0.05) is 0 Å². The van der Waals surface area contributed by atoms with E-state index < -0.39 is 6.18 Å². The second kappa shape index (κ2) is 1.95. The van der Waals surface area contributed by atoms with Crippen LogP contribution in [0.1, 0.15) is 0 Å². The number of alkyl halides is 3. The molecule has 1 nitrogen and oxygen atoms in total. The summed E-state index contributed by atoms with van der Waals surface area (Å²) in [4.78, 5) is 1.86. The van der Waals surface area contributed by atoms with Crippen molar-refractivity contribution in [2.24, 2.45) is 0 Å². The summed E-state index contributed by atoms with van der Waals surface area (Å²) in [7, 11) is 1.20. The molecule has 0 saturated carbocycles. The zero-order valence-corrected chi connectivity index (χ0v) is 3.71. The standard InChI is InChI=1S/C3H4F3N/c1-7-2-3(4,5)6/h2H,1H3/p+1. The lowest BCUT2D eigenvalue weighted by molar-refractivity contribution is -0.424. The van der Waals surface area contributed by atoms with Crippen LogP contribution in [0.3, 0.4) is 0 Å². The molecule has 0 spiro atoms. The number of hydrogen-bond donors (Lipinski definition) is 1. The molecule has 7 heavy (non-hydrogen) atoms. The van der Waals surface area contributed by atoms with E-state index >= 15 is 0 Å². The molecule has 0 rings (SSSR count). The Kier molecular flexibility index (Phi) is 1.80. The normalized spacial score (nSPS) is 13.1.